The van der Waals surface area contributed by atoms with Gasteiger partial charge in [0.05, 0.1) is 5.41 Å². The number of hydrogen-bond donors (Lipinski definition) is 1. The molecule has 0 spiro atoms. The normalized spacial score (nSPS) is 14.7. The lowest BCUT2D eigenvalue weighted by atomic mass is 9.63. The van der Waals surface area contributed by atoms with E-state index in [0.717, 1.165) is 26.7 Å². The van der Waals surface area contributed by atoms with Crippen molar-refractivity contribution in [3.05, 3.63) is 201 Å². The van der Waals surface area contributed by atoms with Crippen LogP contribution in [0, 0.1) is 0 Å². The summed E-state index contributed by atoms with van der Waals surface area (Å²) in [6, 6.07) is 54.6. The van der Waals surface area contributed by atoms with Gasteiger partial charge >= 0.3 is 0 Å². The first kappa shape index (κ1) is 24.8. The van der Waals surface area contributed by atoms with Crippen molar-refractivity contribution in [2.75, 3.05) is 0 Å². The quantitative estimate of drug-likeness (QED) is 0.202. The zero-order valence-corrected chi connectivity index (χ0v) is 23.4. The number of hydrogen-bond acceptors (Lipinski definition) is 1. The van der Waals surface area contributed by atoms with Crippen LogP contribution in [-0.2, 0) is 11.0 Å². The second-order valence-electron chi connectivity index (χ2n) is 10.3. The molecule has 0 saturated carbocycles. The Labute approximate surface area is 243 Å². The lowest BCUT2D eigenvalue weighted by Crippen LogP contribution is -2.36. The highest BCUT2D eigenvalue weighted by Crippen LogP contribution is 2.58. The number of halogens is 1. The van der Waals surface area contributed by atoms with Crippen molar-refractivity contribution in [2.24, 2.45) is 0 Å². The van der Waals surface area contributed by atoms with Crippen molar-refractivity contribution in [1.29, 1.82) is 0 Å². The molecule has 0 radical (unpaired) electrons. The Kier molecular flexibility index (Phi) is 6.04. The van der Waals surface area contributed by atoms with E-state index in [4.69, 9.17) is 0 Å². The summed E-state index contributed by atoms with van der Waals surface area (Å²) in [5.41, 5.74) is 7.62. The molecule has 0 bridgehead atoms. The molecule has 7 rings (SSSR count). The van der Waals surface area contributed by atoms with Crippen LogP contribution < -0.4 is 0 Å². The van der Waals surface area contributed by atoms with E-state index in [2.05, 4.69) is 113 Å². The lowest BCUT2D eigenvalue weighted by molar-refractivity contribution is 0.124. The van der Waals surface area contributed by atoms with E-state index in [9.17, 15) is 5.11 Å². The Balaban J connectivity index is 1.64. The minimum absolute atomic E-state index is 0.622. The molecule has 6 aromatic carbocycles. The molecule has 6 aromatic rings. The van der Waals surface area contributed by atoms with Crippen LogP contribution in [0.25, 0.3) is 11.1 Å². The smallest absolute Gasteiger partial charge is 0.140 e. The lowest BCUT2D eigenvalue weighted by Gasteiger charge is -2.40. The highest BCUT2D eigenvalue weighted by atomic mass is 79.9. The third kappa shape index (κ3) is 3.57. The maximum atomic E-state index is 13.1. The largest absolute Gasteiger partial charge is 0.376 e. The molecule has 0 saturated heterocycles. The average Bonchev–Trinajstić information content (AvgIpc) is 3.33. The minimum atomic E-state index is -1.40. The Morgan fingerprint density at radius 2 is 0.900 bits per heavy atom. The molecule has 192 valence electrons. The van der Waals surface area contributed by atoms with Gasteiger partial charge in [0, 0.05) is 4.47 Å². The van der Waals surface area contributed by atoms with E-state index in [1.165, 1.54) is 27.8 Å². The molecule has 1 N–H and O–H groups in total. The van der Waals surface area contributed by atoms with Gasteiger partial charge in [0.1, 0.15) is 5.60 Å². The van der Waals surface area contributed by atoms with Crippen LogP contribution in [0.15, 0.2) is 162 Å². The molecular formula is C38H27BrO. The highest BCUT2D eigenvalue weighted by molar-refractivity contribution is 9.10. The average molecular weight is 580 g/mol. The molecule has 0 heterocycles. The van der Waals surface area contributed by atoms with Crippen molar-refractivity contribution >= 4 is 15.9 Å². The third-order valence-electron chi connectivity index (χ3n) is 8.33. The SMILES string of the molecule is OC(c1ccccc1)(c1ccc(Br)cc1)c1ccccc1C1(c2ccccc2)c2ccccc2-c2ccccc21. The van der Waals surface area contributed by atoms with Gasteiger partial charge in [-0.2, -0.15) is 0 Å². The Bertz CT molecular complexity index is 1760. The van der Waals surface area contributed by atoms with Gasteiger partial charge in [-0.15, -0.1) is 0 Å². The van der Waals surface area contributed by atoms with Gasteiger partial charge in [-0.25, -0.2) is 0 Å². The third-order valence-corrected chi connectivity index (χ3v) is 8.86. The van der Waals surface area contributed by atoms with Gasteiger partial charge in [0.2, 0.25) is 0 Å². The minimum Gasteiger partial charge on any atom is -0.376 e. The van der Waals surface area contributed by atoms with Crippen molar-refractivity contribution in [3.8, 4) is 11.1 Å². The first-order valence-corrected chi connectivity index (χ1v) is 14.3. The number of aliphatic hydroxyl groups is 1. The molecule has 1 aliphatic carbocycles. The van der Waals surface area contributed by atoms with Crippen LogP contribution in [0.4, 0.5) is 0 Å². The monoisotopic (exact) mass is 578 g/mol. The van der Waals surface area contributed by atoms with Crippen molar-refractivity contribution in [3.63, 3.8) is 0 Å². The second-order valence-corrected chi connectivity index (χ2v) is 11.3. The molecule has 1 atom stereocenters. The summed E-state index contributed by atoms with van der Waals surface area (Å²) in [6.07, 6.45) is 0. The topological polar surface area (TPSA) is 20.2 Å². The van der Waals surface area contributed by atoms with Crippen molar-refractivity contribution in [2.45, 2.75) is 11.0 Å². The van der Waals surface area contributed by atoms with Crippen LogP contribution in [-0.4, -0.2) is 5.11 Å². The Hall–Kier alpha value is -4.24. The van der Waals surface area contributed by atoms with E-state index in [-0.39, 0.29) is 0 Å². The summed E-state index contributed by atoms with van der Waals surface area (Å²) < 4.78 is 0.972. The zero-order valence-electron chi connectivity index (χ0n) is 21.8. The summed E-state index contributed by atoms with van der Waals surface area (Å²) in [7, 11) is 0. The van der Waals surface area contributed by atoms with Crippen LogP contribution in [0.2, 0.25) is 0 Å². The molecule has 1 unspecified atom stereocenters. The Morgan fingerprint density at radius 1 is 0.450 bits per heavy atom. The summed E-state index contributed by atoms with van der Waals surface area (Å²) >= 11 is 3.59. The summed E-state index contributed by atoms with van der Waals surface area (Å²) in [5, 5.41) is 13.1. The first-order chi connectivity index (χ1) is 19.6. The van der Waals surface area contributed by atoms with Gasteiger partial charge in [-0.05, 0) is 62.2 Å². The van der Waals surface area contributed by atoms with Crippen molar-refractivity contribution in [1.82, 2.24) is 0 Å². The molecule has 0 amide bonds. The number of benzene rings is 6. The van der Waals surface area contributed by atoms with E-state index in [1.54, 1.807) is 0 Å². The van der Waals surface area contributed by atoms with Crippen LogP contribution in [0.5, 0.6) is 0 Å². The van der Waals surface area contributed by atoms with E-state index in [0.29, 0.717) is 0 Å². The second kappa shape index (κ2) is 9.75. The van der Waals surface area contributed by atoms with Gasteiger partial charge in [0.25, 0.3) is 0 Å². The molecule has 1 aliphatic rings. The number of fused-ring (bicyclic) bond motifs is 3. The number of rotatable bonds is 5. The van der Waals surface area contributed by atoms with Gasteiger partial charge in [-0.3, -0.25) is 0 Å². The van der Waals surface area contributed by atoms with Gasteiger partial charge < -0.3 is 5.11 Å². The summed E-state index contributed by atoms with van der Waals surface area (Å²) in [5.74, 6) is 0. The first-order valence-electron chi connectivity index (χ1n) is 13.5. The highest BCUT2D eigenvalue weighted by Gasteiger charge is 2.49. The van der Waals surface area contributed by atoms with Gasteiger partial charge in [0.15, 0.2) is 0 Å². The van der Waals surface area contributed by atoms with Crippen LogP contribution in [0.1, 0.15) is 38.9 Å². The van der Waals surface area contributed by atoms with Crippen LogP contribution in [0.3, 0.4) is 0 Å². The predicted molar refractivity (Wildman–Crippen MR) is 166 cm³/mol. The molecule has 0 aromatic heterocycles. The molecule has 0 aliphatic heterocycles. The van der Waals surface area contributed by atoms with Crippen molar-refractivity contribution < 1.29 is 5.11 Å². The maximum absolute atomic E-state index is 13.1. The summed E-state index contributed by atoms with van der Waals surface area (Å²) in [4.78, 5) is 0. The molecule has 0 fully saturated rings. The fourth-order valence-electron chi connectivity index (χ4n) is 6.65. The summed E-state index contributed by atoms with van der Waals surface area (Å²) in [6.45, 7) is 0. The predicted octanol–water partition coefficient (Wildman–Crippen LogP) is 9.10. The molecule has 40 heavy (non-hydrogen) atoms. The fourth-order valence-corrected chi connectivity index (χ4v) is 6.92. The zero-order chi connectivity index (χ0) is 27.2. The van der Waals surface area contributed by atoms with E-state index in [1.807, 2.05) is 60.7 Å². The van der Waals surface area contributed by atoms with Crippen LogP contribution >= 0.6 is 15.9 Å². The van der Waals surface area contributed by atoms with E-state index < -0.39 is 11.0 Å². The fraction of sp³-hybridized carbons (Fsp3) is 0.0526. The van der Waals surface area contributed by atoms with Gasteiger partial charge in [-0.1, -0.05) is 162 Å². The molecular weight excluding hydrogens is 552 g/mol. The molecule has 2 heteroatoms. The molecule has 1 nitrogen and oxygen atoms in total. The van der Waals surface area contributed by atoms with E-state index >= 15 is 0 Å². The standard InChI is InChI=1S/C38H27BrO/c39-30-25-23-29(24-26-30)38(40,28-15-5-2-6-16-28)36-22-12-11-21-35(36)37(27-13-3-1-4-14-27)33-19-9-7-17-31(33)32-18-8-10-20-34(32)37/h1-26,40H. The Morgan fingerprint density at radius 3 is 1.50 bits per heavy atom. The maximum Gasteiger partial charge on any atom is 0.140 e.